The van der Waals surface area contributed by atoms with Gasteiger partial charge in [-0.3, -0.25) is 4.90 Å². The molecule has 3 aliphatic rings. The fraction of sp³-hybridized carbons (Fsp3) is 0.545. The van der Waals surface area contributed by atoms with E-state index in [2.05, 4.69) is 68.2 Å². The number of fused-ring (bicyclic) bond motifs is 1. The molecule has 0 spiro atoms. The minimum absolute atomic E-state index is 0.119. The van der Waals surface area contributed by atoms with Gasteiger partial charge in [0.15, 0.2) is 0 Å². The average molecular weight is 339 g/mol. The zero-order chi connectivity index (χ0) is 17.4. The summed E-state index contributed by atoms with van der Waals surface area (Å²) in [6.07, 6.45) is 7.89. The lowest BCUT2D eigenvalue weighted by Gasteiger charge is -2.43. The van der Waals surface area contributed by atoms with E-state index in [1.165, 1.54) is 16.7 Å². The number of ether oxygens (including phenoxy) is 2. The van der Waals surface area contributed by atoms with Gasteiger partial charge in [-0.15, -0.1) is 0 Å². The number of nitrogens with zero attached hydrogens (tertiary/aromatic N) is 1. The van der Waals surface area contributed by atoms with Crippen LogP contribution in [0.3, 0.4) is 0 Å². The Labute approximate surface area is 151 Å². The van der Waals surface area contributed by atoms with Crippen LogP contribution in [0.1, 0.15) is 38.3 Å². The topological polar surface area (TPSA) is 21.7 Å². The first-order valence-electron chi connectivity index (χ1n) is 9.46. The van der Waals surface area contributed by atoms with Crippen molar-refractivity contribution in [2.24, 2.45) is 5.92 Å². The molecule has 0 radical (unpaired) electrons. The lowest BCUT2D eigenvalue weighted by atomic mass is 9.82. The normalized spacial score (nSPS) is 29.2. The summed E-state index contributed by atoms with van der Waals surface area (Å²) in [5.41, 5.74) is 4.16. The van der Waals surface area contributed by atoms with Gasteiger partial charge >= 0.3 is 0 Å². The molecule has 134 valence electrons. The minimum Gasteiger partial charge on any atom is -0.374 e. The molecule has 3 nitrogen and oxygen atoms in total. The van der Waals surface area contributed by atoms with Crippen molar-refractivity contribution in [1.82, 2.24) is 4.90 Å². The van der Waals surface area contributed by atoms with Crippen LogP contribution in [0.5, 0.6) is 0 Å². The number of rotatable bonds is 4. The Kier molecular flexibility index (Phi) is 4.57. The Balaban J connectivity index is 1.48. The second kappa shape index (κ2) is 6.71. The van der Waals surface area contributed by atoms with Crippen molar-refractivity contribution in [2.75, 3.05) is 13.2 Å². The fourth-order valence-electron chi connectivity index (χ4n) is 4.19. The summed E-state index contributed by atoms with van der Waals surface area (Å²) < 4.78 is 12.8. The molecule has 1 saturated heterocycles. The number of allylic oxidation sites excluding steroid dienone is 3. The molecule has 4 rings (SSSR count). The van der Waals surface area contributed by atoms with Gasteiger partial charge in [-0.05, 0) is 43.9 Å². The van der Waals surface area contributed by atoms with E-state index in [9.17, 15) is 0 Å². The molecule has 1 fully saturated rings. The van der Waals surface area contributed by atoms with Crippen molar-refractivity contribution < 1.29 is 9.47 Å². The molecule has 25 heavy (non-hydrogen) atoms. The van der Waals surface area contributed by atoms with Gasteiger partial charge in [0.1, 0.15) is 0 Å². The maximum atomic E-state index is 6.52. The van der Waals surface area contributed by atoms with Crippen molar-refractivity contribution in [1.29, 1.82) is 0 Å². The van der Waals surface area contributed by atoms with Crippen molar-refractivity contribution in [3.8, 4) is 0 Å². The zero-order valence-electron chi connectivity index (χ0n) is 15.6. The second-order valence-corrected chi connectivity index (χ2v) is 8.46. The first-order valence-corrected chi connectivity index (χ1v) is 9.46. The molecular formula is C22H29NO2. The third-order valence-corrected chi connectivity index (χ3v) is 5.36. The van der Waals surface area contributed by atoms with Gasteiger partial charge in [-0.25, -0.2) is 0 Å². The van der Waals surface area contributed by atoms with Gasteiger partial charge in [-0.2, -0.15) is 0 Å². The first kappa shape index (κ1) is 17.0. The van der Waals surface area contributed by atoms with Crippen LogP contribution in [0, 0.1) is 5.92 Å². The molecule has 0 amide bonds. The van der Waals surface area contributed by atoms with Gasteiger partial charge in [0.25, 0.3) is 0 Å². The van der Waals surface area contributed by atoms with Gasteiger partial charge in [-0.1, -0.05) is 42.5 Å². The van der Waals surface area contributed by atoms with Gasteiger partial charge in [0, 0.05) is 32.2 Å². The lowest BCUT2D eigenvalue weighted by molar-refractivity contribution is -0.175. The molecule has 1 aromatic rings. The minimum atomic E-state index is -0.163. The smallest absolute Gasteiger partial charge is 0.0969 e. The van der Waals surface area contributed by atoms with Crippen LogP contribution >= 0.6 is 0 Å². The summed E-state index contributed by atoms with van der Waals surface area (Å²) in [6, 6.07) is 8.76. The SMILES string of the molecule is CC(C)(C)O[C@H]1[C@@H](CN2Cc3ccccc3C2)OCC[C@H]1C1=CC=C1. The third-order valence-electron chi connectivity index (χ3n) is 5.36. The Morgan fingerprint density at radius 2 is 1.84 bits per heavy atom. The molecule has 3 atom stereocenters. The molecule has 0 unspecified atom stereocenters. The molecule has 2 aliphatic heterocycles. The van der Waals surface area contributed by atoms with Gasteiger partial charge in [0.2, 0.25) is 0 Å². The second-order valence-electron chi connectivity index (χ2n) is 8.46. The summed E-state index contributed by atoms with van der Waals surface area (Å²) in [5.74, 6) is 0.452. The molecule has 0 aromatic heterocycles. The molecule has 1 aromatic carbocycles. The highest BCUT2D eigenvalue weighted by molar-refractivity contribution is 5.38. The van der Waals surface area contributed by atoms with Crippen LogP contribution in [0.15, 0.2) is 48.1 Å². The van der Waals surface area contributed by atoms with Crippen LogP contribution in [-0.4, -0.2) is 35.9 Å². The molecule has 3 heteroatoms. The van der Waals surface area contributed by atoms with E-state index < -0.39 is 0 Å². The Morgan fingerprint density at radius 1 is 1.16 bits per heavy atom. The van der Waals surface area contributed by atoms with Crippen molar-refractivity contribution in [3.05, 3.63) is 59.2 Å². The lowest BCUT2D eigenvalue weighted by Crippen LogP contribution is -2.51. The molecule has 0 N–H and O–H groups in total. The standard InChI is InChI=1S/C22H29NO2/c1-22(2,3)25-21-19(16-9-6-10-16)11-12-24-20(21)15-23-13-17-7-4-5-8-18(17)14-23/h4-10,19-21H,11-15H2,1-3H3/t19-,20+,21+/m0/s1. The van der Waals surface area contributed by atoms with Crippen LogP contribution in [0.4, 0.5) is 0 Å². The van der Waals surface area contributed by atoms with Crippen LogP contribution < -0.4 is 0 Å². The van der Waals surface area contributed by atoms with E-state index in [0.717, 1.165) is 32.7 Å². The predicted molar refractivity (Wildman–Crippen MR) is 100 cm³/mol. The molecule has 2 heterocycles. The largest absolute Gasteiger partial charge is 0.374 e. The predicted octanol–water partition coefficient (Wildman–Crippen LogP) is 4.09. The Hall–Kier alpha value is -1.42. The highest BCUT2D eigenvalue weighted by atomic mass is 16.6. The van der Waals surface area contributed by atoms with Gasteiger partial charge in [0.05, 0.1) is 17.8 Å². The fourth-order valence-corrected chi connectivity index (χ4v) is 4.19. The molecular weight excluding hydrogens is 310 g/mol. The maximum Gasteiger partial charge on any atom is 0.0969 e. The van der Waals surface area contributed by atoms with Crippen molar-refractivity contribution >= 4 is 0 Å². The molecule has 1 aliphatic carbocycles. The quantitative estimate of drug-likeness (QED) is 0.825. The Bertz CT molecular complexity index is 661. The van der Waals surface area contributed by atoms with E-state index in [0.29, 0.717) is 5.92 Å². The van der Waals surface area contributed by atoms with E-state index in [1.807, 2.05) is 0 Å². The maximum absolute atomic E-state index is 6.52. The van der Waals surface area contributed by atoms with E-state index in [4.69, 9.17) is 9.47 Å². The highest BCUT2D eigenvalue weighted by Crippen LogP contribution is 2.36. The first-order chi connectivity index (χ1) is 12.0. The summed E-state index contributed by atoms with van der Waals surface area (Å²) in [7, 11) is 0. The van der Waals surface area contributed by atoms with Crippen LogP contribution in [0.2, 0.25) is 0 Å². The summed E-state index contributed by atoms with van der Waals surface area (Å²) >= 11 is 0. The average Bonchev–Trinajstić information content (AvgIpc) is 2.89. The van der Waals surface area contributed by atoms with Gasteiger partial charge < -0.3 is 9.47 Å². The third kappa shape index (κ3) is 3.74. The number of hydrogen-bond acceptors (Lipinski definition) is 3. The molecule has 0 bridgehead atoms. The Morgan fingerprint density at radius 3 is 2.40 bits per heavy atom. The summed E-state index contributed by atoms with van der Waals surface area (Å²) in [5, 5.41) is 0. The van der Waals surface area contributed by atoms with E-state index in [-0.39, 0.29) is 17.8 Å². The van der Waals surface area contributed by atoms with Crippen LogP contribution in [0.25, 0.3) is 0 Å². The van der Waals surface area contributed by atoms with Crippen molar-refractivity contribution in [3.63, 3.8) is 0 Å². The number of benzene rings is 1. The highest BCUT2D eigenvalue weighted by Gasteiger charge is 2.40. The number of hydrogen-bond donors (Lipinski definition) is 0. The monoisotopic (exact) mass is 339 g/mol. The zero-order valence-corrected chi connectivity index (χ0v) is 15.6. The van der Waals surface area contributed by atoms with E-state index >= 15 is 0 Å². The van der Waals surface area contributed by atoms with Crippen LogP contribution in [-0.2, 0) is 22.6 Å². The summed E-state index contributed by atoms with van der Waals surface area (Å²) in [6.45, 7) is 10.2. The summed E-state index contributed by atoms with van der Waals surface area (Å²) in [4.78, 5) is 2.50. The van der Waals surface area contributed by atoms with E-state index in [1.54, 1.807) is 0 Å². The van der Waals surface area contributed by atoms with Crippen molar-refractivity contribution in [2.45, 2.75) is 58.1 Å². The molecule has 0 saturated carbocycles.